The number of ether oxygens (including phenoxy) is 1. The molecule has 24 heavy (non-hydrogen) atoms. The van der Waals surface area contributed by atoms with Gasteiger partial charge in [0.05, 0.1) is 0 Å². The van der Waals surface area contributed by atoms with Crippen molar-refractivity contribution in [3.8, 4) is 11.5 Å². The molecule has 0 spiro atoms. The molecule has 0 atom stereocenters. The van der Waals surface area contributed by atoms with Crippen LogP contribution in [-0.4, -0.2) is 23.5 Å². The van der Waals surface area contributed by atoms with E-state index in [9.17, 15) is 14.7 Å². The number of hydrogen-bond donors (Lipinski definition) is 3. The fourth-order valence-electron chi connectivity index (χ4n) is 2.02. The van der Waals surface area contributed by atoms with Gasteiger partial charge in [-0.15, -0.1) is 0 Å². The third kappa shape index (κ3) is 4.63. The number of nitrogens with one attached hydrogen (secondary N) is 2. The number of aromatic hydroxyl groups is 1. The van der Waals surface area contributed by atoms with Crippen LogP contribution in [0.25, 0.3) is 0 Å². The van der Waals surface area contributed by atoms with Gasteiger partial charge in [0.1, 0.15) is 11.5 Å². The Labute approximate surface area is 144 Å². The Morgan fingerprint density at radius 3 is 2.42 bits per heavy atom. The average Bonchev–Trinajstić information content (AvgIpc) is 2.55. The summed E-state index contributed by atoms with van der Waals surface area (Å²) in [6, 6.07) is 9.23. The first-order valence-electron chi connectivity index (χ1n) is 7.14. The molecular formula is C17H17ClN2O4. The predicted molar refractivity (Wildman–Crippen MR) is 90.1 cm³/mol. The number of hydrazine groups is 1. The van der Waals surface area contributed by atoms with Crippen LogP contribution in [0, 0.1) is 13.8 Å². The molecule has 0 aromatic heterocycles. The predicted octanol–water partition coefficient (Wildman–Crippen LogP) is 2.50. The summed E-state index contributed by atoms with van der Waals surface area (Å²) in [7, 11) is 0. The molecule has 0 aliphatic rings. The number of phenols is 1. The fraction of sp³-hybridized carbons (Fsp3) is 0.176. The standard InChI is InChI=1S/C17H17ClN2O4/c1-10-6-14(7-11(2)16(10)18)24-9-15(22)19-20-17(23)12-4-3-5-13(21)8-12/h3-8,21H,9H2,1-2H3,(H,19,22)(H,20,23). The number of phenolic OH excluding ortho intramolecular Hbond substituents is 1. The SMILES string of the molecule is Cc1cc(OCC(=O)NNC(=O)c2cccc(O)c2)cc(C)c1Cl. The van der Waals surface area contributed by atoms with E-state index in [-0.39, 0.29) is 17.9 Å². The summed E-state index contributed by atoms with van der Waals surface area (Å²) in [6.07, 6.45) is 0. The Hall–Kier alpha value is -2.73. The third-order valence-corrected chi connectivity index (χ3v) is 3.80. The van der Waals surface area contributed by atoms with E-state index < -0.39 is 11.8 Å². The van der Waals surface area contributed by atoms with Gasteiger partial charge in [-0.2, -0.15) is 0 Å². The van der Waals surface area contributed by atoms with E-state index >= 15 is 0 Å². The molecule has 0 unspecified atom stereocenters. The Kier molecular flexibility index (Phi) is 5.65. The van der Waals surface area contributed by atoms with Crippen molar-refractivity contribution in [1.82, 2.24) is 10.9 Å². The van der Waals surface area contributed by atoms with E-state index in [1.165, 1.54) is 24.3 Å². The van der Waals surface area contributed by atoms with Crippen molar-refractivity contribution < 1.29 is 19.4 Å². The first-order valence-corrected chi connectivity index (χ1v) is 7.52. The normalized spacial score (nSPS) is 10.1. The maximum absolute atomic E-state index is 11.8. The second-order valence-electron chi connectivity index (χ2n) is 5.21. The molecule has 0 saturated carbocycles. The monoisotopic (exact) mass is 348 g/mol. The van der Waals surface area contributed by atoms with Crippen molar-refractivity contribution >= 4 is 23.4 Å². The molecule has 2 amide bonds. The molecule has 0 aliphatic carbocycles. The Morgan fingerprint density at radius 2 is 1.79 bits per heavy atom. The van der Waals surface area contributed by atoms with Crippen molar-refractivity contribution in [1.29, 1.82) is 0 Å². The van der Waals surface area contributed by atoms with Crippen LogP contribution in [0.3, 0.4) is 0 Å². The summed E-state index contributed by atoms with van der Waals surface area (Å²) >= 11 is 6.07. The van der Waals surface area contributed by atoms with Gasteiger partial charge in [0.2, 0.25) is 0 Å². The molecule has 2 aromatic rings. The number of amides is 2. The molecule has 0 fully saturated rings. The number of benzene rings is 2. The van der Waals surface area contributed by atoms with Crippen LogP contribution in [0.1, 0.15) is 21.5 Å². The van der Waals surface area contributed by atoms with Crippen molar-refractivity contribution in [2.24, 2.45) is 0 Å². The van der Waals surface area contributed by atoms with Crippen LogP contribution in [0.15, 0.2) is 36.4 Å². The maximum Gasteiger partial charge on any atom is 0.276 e. The van der Waals surface area contributed by atoms with Gasteiger partial charge in [-0.1, -0.05) is 17.7 Å². The third-order valence-electron chi connectivity index (χ3n) is 3.20. The summed E-state index contributed by atoms with van der Waals surface area (Å²) in [5.41, 5.74) is 6.41. The Morgan fingerprint density at radius 1 is 1.12 bits per heavy atom. The van der Waals surface area contributed by atoms with Crippen molar-refractivity contribution in [3.63, 3.8) is 0 Å². The molecule has 2 aromatic carbocycles. The van der Waals surface area contributed by atoms with Crippen molar-refractivity contribution in [2.75, 3.05) is 6.61 Å². The molecule has 2 rings (SSSR count). The number of carbonyl (C=O) groups is 2. The first-order chi connectivity index (χ1) is 11.4. The summed E-state index contributed by atoms with van der Waals surface area (Å²) in [6.45, 7) is 3.43. The van der Waals surface area contributed by atoms with Crippen LogP contribution in [-0.2, 0) is 4.79 Å². The molecule has 126 valence electrons. The molecule has 3 N–H and O–H groups in total. The first kappa shape index (κ1) is 17.6. The lowest BCUT2D eigenvalue weighted by Gasteiger charge is -2.11. The zero-order valence-electron chi connectivity index (χ0n) is 13.2. The molecule has 0 bridgehead atoms. The highest BCUT2D eigenvalue weighted by Crippen LogP contribution is 2.25. The average molecular weight is 349 g/mol. The topological polar surface area (TPSA) is 87.7 Å². The summed E-state index contributed by atoms with van der Waals surface area (Å²) in [5.74, 6) is -0.583. The van der Waals surface area contributed by atoms with E-state index in [0.29, 0.717) is 10.8 Å². The Balaban J connectivity index is 1.84. The van der Waals surface area contributed by atoms with Gasteiger partial charge in [-0.3, -0.25) is 20.4 Å². The highest BCUT2D eigenvalue weighted by molar-refractivity contribution is 6.32. The van der Waals surface area contributed by atoms with Gasteiger partial charge in [0, 0.05) is 10.6 Å². The molecule has 0 saturated heterocycles. The lowest BCUT2D eigenvalue weighted by atomic mass is 10.1. The summed E-state index contributed by atoms with van der Waals surface area (Å²) in [4.78, 5) is 23.5. The molecule has 0 aliphatic heterocycles. The van der Waals surface area contributed by atoms with Crippen LogP contribution in [0.5, 0.6) is 11.5 Å². The number of halogens is 1. The van der Waals surface area contributed by atoms with Crippen LogP contribution in [0.2, 0.25) is 5.02 Å². The van der Waals surface area contributed by atoms with Gasteiger partial charge >= 0.3 is 0 Å². The summed E-state index contributed by atoms with van der Waals surface area (Å²) in [5, 5.41) is 9.97. The maximum atomic E-state index is 11.8. The van der Waals surface area contributed by atoms with Gasteiger partial charge in [0.25, 0.3) is 11.8 Å². The van der Waals surface area contributed by atoms with Crippen molar-refractivity contribution in [3.05, 3.63) is 58.1 Å². The molecule has 7 heteroatoms. The molecule has 0 heterocycles. The molecule has 6 nitrogen and oxygen atoms in total. The van der Waals surface area contributed by atoms with E-state index in [2.05, 4.69) is 10.9 Å². The highest BCUT2D eigenvalue weighted by atomic mass is 35.5. The largest absolute Gasteiger partial charge is 0.508 e. The van der Waals surface area contributed by atoms with Crippen LogP contribution < -0.4 is 15.6 Å². The molecular weight excluding hydrogens is 332 g/mol. The van der Waals surface area contributed by atoms with Gasteiger partial charge < -0.3 is 9.84 Å². The second-order valence-corrected chi connectivity index (χ2v) is 5.59. The van der Waals surface area contributed by atoms with E-state index in [0.717, 1.165) is 11.1 Å². The minimum atomic E-state index is -0.544. The number of rotatable bonds is 4. The fourth-order valence-corrected chi connectivity index (χ4v) is 2.13. The van der Waals surface area contributed by atoms with Gasteiger partial charge in [-0.05, 0) is 55.3 Å². The van der Waals surface area contributed by atoms with E-state index in [4.69, 9.17) is 16.3 Å². The Bertz CT molecular complexity index is 754. The van der Waals surface area contributed by atoms with E-state index in [1.54, 1.807) is 12.1 Å². The second kappa shape index (κ2) is 7.70. The highest BCUT2D eigenvalue weighted by Gasteiger charge is 2.09. The molecule has 0 radical (unpaired) electrons. The van der Waals surface area contributed by atoms with E-state index in [1.807, 2.05) is 13.8 Å². The lowest BCUT2D eigenvalue weighted by molar-refractivity contribution is -0.123. The minimum Gasteiger partial charge on any atom is -0.508 e. The number of carbonyl (C=O) groups excluding carboxylic acids is 2. The lowest BCUT2D eigenvalue weighted by Crippen LogP contribution is -2.43. The van der Waals surface area contributed by atoms with Crippen LogP contribution >= 0.6 is 11.6 Å². The zero-order valence-corrected chi connectivity index (χ0v) is 14.0. The summed E-state index contributed by atoms with van der Waals surface area (Å²) < 4.78 is 5.38. The van der Waals surface area contributed by atoms with Crippen molar-refractivity contribution in [2.45, 2.75) is 13.8 Å². The minimum absolute atomic E-state index is 0.0363. The van der Waals surface area contributed by atoms with Gasteiger partial charge in [0.15, 0.2) is 6.61 Å². The number of aryl methyl sites for hydroxylation is 2. The van der Waals surface area contributed by atoms with Gasteiger partial charge in [-0.25, -0.2) is 0 Å². The number of hydrogen-bond acceptors (Lipinski definition) is 4. The quantitative estimate of drug-likeness (QED) is 0.741. The zero-order chi connectivity index (χ0) is 17.7. The smallest absolute Gasteiger partial charge is 0.276 e. The van der Waals surface area contributed by atoms with Crippen LogP contribution in [0.4, 0.5) is 0 Å².